The van der Waals surface area contributed by atoms with Gasteiger partial charge in [0.1, 0.15) is 11.5 Å². The zero-order valence-electron chi connectivity index (χ0n) is 13.7. The maximum absolute atomic E-state index is 5.38. The van der Waals surface area contributed by atoms with Crippen molar-refractivity contribution >= 4 is 32.5 Å². The molecular weight excluding hydrogens is 314 g/mol. The maximum atomic E-state index is 5.38. The van der Waals surface area contributed by atoms with Gasteiger partial charge in [0, 0.05) is 29.2 Å². The Balaban J connectivity index is 2.14. The number of rotatable bonds is 5. The molecule has 0 spiro atoms. The second-order valence-corrected chi connectivity index (χ2v) is 5.86. The van der Waals surface area contributed by atoms with E-state index in [4.69, 9.17) is 9.47 Å². The van der Waals surface area contributed by atoms with Gasteiger partial charge in [0.05, 0.1) is 24.5 Å². The van der Waals surface area contributed by atoms with Crippen LogP contribution in [0.5, 0.6) is 11.5 Å². The molecular formula is C20H18NO2Si. The summed E-state index contributed by atoms with van der Waals surface area (Å²) in [6, 6.07) is 24.2. The first-order valence-electron chi connectivity index (χ1n) is 7.61. The van der Waals surface area contributed by atoms with Crippen LogP contribution in [0.25, 0.3) is 0 Å². The second-order valence-electron chi connectivity index (χ2n) is 5.29. The fourth-order valence-corrected chi connectivity index (χ4v) is 2.72. The first kappa shape index (κ1) is 16.1. The summed E-state index contributed by atoms with van der Waals surface area (Å²) in [5, 5.41) is 1.04. The van der Waals surface area contributed by atoms with Crippen LogP contribution in [0.3, 0.4) is 0 Å². The molecule has 3 nitrogen and oxygen atoms in total. The van der Waals surface area contributed by atoms with Gasteiger partial charge in [-0.05, 0) is 36.4 Å². The lowest BCUT2D eigenvalue weighted by atomic mass is 10.2. The first-order valence-corrected chi connectivity index (χ1v) is 8.11. The summed E-state index contributed by atoms with van der Waals surface area (Å²) in [6.07, 6.45) is 0. The molecule has 119 valence electrons. The van der Waals surface area contributed by atoms with Crippen molar-refractivity contribution in [3.63, 3.8) is 0 Å². The Labute approximate surface area is 145 Å². The van der Waals surface area contributed by atoms with Gasteiger partial charge >= 0.3 is 0 Å². The highest BCUT2D eigenvalue weighted by molar-refractivity contribution is 6.32. The van der Waals surface area contributed by atoms with E-state index in [0.717, 1.165) is 33.7 Å². The third kappa shape index (κ3) is 3.44. The molecule has 0 aliphatic heterocycles. The minimum absolute atomic E-state index is 0.817. The Bertz CT molecular complexity index is 770. The van der Waals surface area contributed by atoms with Crippen molar-refractivity contribution in [1.29, 1.82) is 0 Å². The van der Waals surface area contributed by atoms with Gasteiger partial charge in [-0.3, -0.25) is 0 Å². The van der Waals surface area contributed by atoms with Crippen LogP contribution in [0.1, 0.15) is 0 Å². The molecule has 0 saturated heterocycles. The van der Waals surface area contributed by atoms with Gasteiger partial charge in [0.2, 0.25) is 0 Å². The van der Waals surface area contributed by atoms with Crippen molar-refractivity contribution in [3.05, 3.63) is 72.8 Å². The molecule has 0 aromatic heterocycles. The number of hydrogen-bond donors (Lipinski definition) is 0. The fraction of sp³-hybridized carbons (Fsp3) is 0.100. The molecule has 24 heavy (non-hydrogen) atoms. The van der Waals surface area contributed by atoms with E-state index in [0.29, 0.717) is 0 Å². The quantitative estimate of drug-likeness (QED) is 0.660. The molecule has 0 amide bonds. The van der Waals surface area contributed by atoms with E-state index in [9.17, 15) is 0 Å². The Morgan fingerprint density at radius 3 is 1.62 bits per heavy atom. The molecule has 0 N–H and O–H groups in total. The number of methoxy groups -OCH3 is 2. The zero-order chi connectivity index (χ0) is 16.9. The molecule has 0 bridgehead atoms. The largest absolute Gasteiger partial charge is 0.497 e. The molecule has 3 aromatic rings. The van der Waals surface area contributed by atoms with Crippen molar-refractivity contribution in [1.82, 2.24) is 0 Å². The predicted octanol–water partition coefficient (Wildman–Crippen LogP) is 3.97. The first-order chi connectivity index (χ1) is 11.7. The maximum Gasteiger partial charge on any atom is 0.120 e. The van der Waals surface area contributed by atoms with Crippen LogP contribution in [0.2, 0.25) is 0 Å². The monoisotopic (exact) mass is 332 g/mol. The summed E-state index contributed by atoms with van der Waals surface area (Å²) in [6.45, 7) is 0. The third-order valence-corrected chi connectivity index (χ3v) is 4.08. The molecule has 0 heterocycles. The number of anilines is 3. The van der Waals surface area contributed by atoms with Crippen molar-refractivity contribution in [2.45, 2.75) is 0 Å². The Hall–Kier alpha value is -2.72. The zero-order valence-corrected chi connectivity index (χ0v) is 14.7. The van der Waals surface area contributed by atoms with Gasteiger partial charge < -0.3 is 14.4 Å². The topological polar surface area (TPSA) is 21.7 Å². The summed E-state index contributed by atoms with van der Waals surface area (Å²) in [5.41, 5.74) is 3.09. The third-order valence-electron chi connectivity index (χ3n) is 3.75. The second kappa shape index (κ2) is 7.23. The average molecular weight is 332 g/mol. The molecule has 0 saturated carbocycles. The van der Waals surface area contributed by atoms with Gasteiger partial charge in [-0.25, -0.2) is 0 Å². The van der Waals surface area contributed by atoms with E-state index in [1.807, 2.05) is 48.5 Å². The molecule has 0 aliphatic rings. The lowest BCUT2D eigenvalue weighted by molar-refractivity contribution is 0.414. The lowest BCUT2D eigenvalue weighted by Gasteiger charge is -2.26. The van der Waals surface area contributed by atoms with E-state index >= 15 is 0 Å². The number of benzene rings is 3. The summed E-state index contributed by atoms with van der Waals surface area (Å²) < 4.78 is 10.8. The highest BCUT2D eigenvalue weighted by Crippen LogP contribution is 2.36. The molecule has 0 fully saturated rings. The molecule has 0 aliphatic carbocycles. The predicted molar refractivity (Wildman–Crippen MR) is 99.6 cm³/mol. The summed E-state index contributed by atoms with van der Waals surface area (Å²) in [5.74, 6) is 1.63. The van der Waals surface area contributed by atoms with Crippen molar-refractivity contribution < 1.29 is 9.47 Å². The SMILES string of the molecule is COc1cccc(N(c2ccc([Si])cc2)c2cccc(OC)c2)c1. The Kier molecular flexibility index (Phi) is 4.87. The highest BCUT2D eigenvalue weighted by Gasteiger charge is 2.13. The van der Waals surface area contributed by atoms with Crippen LogP contribution in [0.4, 0.5) is 17.1 Å². The van der Waals surface area contributed by atoms with Crippen LogP contribution in [-0.2, 0) is 0 Å². The number of hydrogen-bond acceptors (Lipinski definition) is 3. The fourth-order valence-electron chi connectivity index (χ4n) is 2.56. The van der Waals surface area contributed by atoms with Gasteiger partial charge in [-0.2, -0.15) is 0 Å². The summed E-state index contributed by atoms with van der Waals surface area (Å²) >= 11 is 0. The van der Waals surface area contributed by atoms with Gasteiger partial charge in [-0.15, -0.1) is 0 Å². The van der Waals surface area contributed by atoms with Crippen molar-refractivity contribution in [3.8, 4) is 11.5 Å². The Morgan fingerprint density at radius 1 is 0.667 bits per heavy atom. The molecule has 3 radical (unpaired) electrons. The van der Waals surface area contributed by atoms with E-state index in [-0.39, 0.29) is 0 Å². The molecule has 0 unspecified atom stereocenters. The van der Waals surface area contributed by atoms with Crippen LogP contribution < -0.4 is 19.6 Å². The van der Waals surface area contributed by atoms with Crippen LogP contribution in [0.15, 0.2) is 72.8 Å². The van der Waals surface area contributed by atoms with E-state index in [2.05, 4.69) is 39.4 Å². The summed E-state index contributed by atoms with van der Waals surface area (Å²) in [4.78, 5) is 2.16. The molecule has 3 aromatic carbocycles. The van der Waals surface area contributed by atoms with Crippen molar-refractivity contribution in [2.24, 2.45) is 0 Å². The smallest absolute Gasteiger partial charge is 0.120 e. The van der Waals surface area contributed by atoms with E-state index in [1.165, 1.54) is 0 Å². The summed E-state index contributed by atoms with van der Waals surface area (Å²) in [7, 11) is 6.90. The minimum Gasteiger partial charge on any atom is -0.497 e. The van der Waals surface area contributed by atoms with E-state index in [1.54, 1.807) is 14.2 Å². The minimum atomic E-state index is 0.817. The van der Waals surface area contributed by atoms with Gasteiger partial charge in [-0.1, -0.05) is 29.5 Å². The van der Waals surface area contributed by atoms with Crippen LogP contribution in [-0.4, -0.2) is 24.5 Å². The highest BCUT2D eigenvalue weighted by atomic mass is 28.1. The van der Waals surface area contributed by atoms with Crippen LogP contribution >= 0.6 is 0 Å². The molecule has 3 rings (SSSR count). The Morgan fingerprint density at radius 2 is 1.17 bits per heavy atom. The molecule has 0 atom stereocenters. The van der Waals surface area contributed by atoms with Gasteiger partial charge in [0.25, 0.3) is 0 Å². The van der Waals surface area contributed by atoms with E-state index < -0.39 is 0 Å². The lowest BCUT2D eigenvalue weighted by Crippen LogP contribution is -2.11. The average Bonchev–Trinajstić information content (AvgIpc) is 2.64. The van der Waals surface area contributed by atoms with Gasteiger partial charge in [0.15, 0.2) is 0 Å². The number of ether oxygens (including phenoxy) is 2. The number of nitrogens with zero attached hydrogens (tertiary/aromatic N) is 1. The standard InChI is InChI=1S/C20H18NO2Si/c1-22-18-7-3-5-16(13-18)21(15-9-11-20(24)12-10-15)17-6-4-8-19(14-17)23-2/h3-14H,1-2H3. The van der Waals surface area contributed by atoms with Crippen molar-refractivity contribution in [2.75, 3.05) is 19.1 Å². The normalized spacial score (nSPS) is 10.3. The van der Waals surface area contributed by atoms with Crippen LogP contribution in [0, 0.1) is 0 Å². The molecule has 4 heteroatoms.